The van der Waals surface area contributed by atoms with E-state index in [4.69, 9.17) is 9.41 Å². The summed E-state index contributed by atoms with van der Waals surface area (Å²) in [5, 5.41) is 11.2. The number of carbonyl (C=O) groups is 1. The minimum atomic E-state index is -1.83. The van der Waals surface area contributed by atoms with Gasteiger partial charge >= 0.3 is 11.8 Å². The summed E-state index contributed by atoms with van der Waals surface area (Å²) < 4.78 is 24.0. The Hall–Kier alpha value is -3.57. The zero-order valence-electron chi connectivity index (χ0n) is 25.8. The average Bonchev–Trinajstić information content (AvgIpc) is 3.23. The molecular weight excluding hydrogens is 565 g/mol. The van der Waals surface area contributed by atoms with Crippen LogP contribution in [-0.2, 0) is 17.4 Å². The normalized spacial score (nSPS) is 15.1. The van der Waals surface area contributed by atoms with Crippen molar-refractivity contribution in [3.05, 3.63) is 70.4 Å². The topological polar surface area (TPSA) is 102 Å². The molecule has 5 rings (SSSR count). The molecule has 230 valence electrons. The van der Waals surface area contributed by atoms with Crippen LogP contribution in [0.2, 0.25) is 18.1 Å². The second kappa shape index (κ2) is 12.2. The lowest BCUT2D eigenvalue weighted by atomic mass is 9.99. The van der Waals surface area contributed by atoms with Crippen molar-refractivity contribution in [2.24, 2.45) is 0 Å². The van der Waals surface area contributed by atoms with Crippen molar-refractivity contribution in [2.45, 2.75) is 83.6 Å². The van der Waals surface area contributed by atoms with Gasteiger partial charge in [0.05, 0.1) is 29.5 Å². The lowest BCUT2D eigenvalue weighted by molar-refractivity contribution is 0.125. The first-order chi connectivity index (χ1) is 20.4. The van der Waals surface area contributed by atoms with Crippen LogP contribution in [0.4, 0.5) is 9.18 Å². The van der Waals surface area contributed by atoms with Gasteiger partial charge in [0.2, 0.25) is 0 Å². The van der Waals surface area contributed by atoms with Gasteiger partial charge in [-0.1, -0.05) is 26.8 Å². The molecule has 0 saturated carbocycles. The second-order valence-electron chi connectivity index (χ2n) is 13.1. The van der Waals surface area contributed by atoms with E-state index in [-0.39, 0.29) is 29.1 Å². The van der Waals surface area contributed by atoms with Crippen LogP contribution in [0, 0.1) is 5.82 Å². The Morgan fingerprint density at radius 2 is 1.86 bits per heavy atom. The molecular formula is C32H42FN5O4Si. The van der Waals surface area contributed by atoms with Gasteiger partial charge in [-0.25, -0.2) is 14.0 Å². The van der Waals surface area contributed by atoms with E-state index in [1.807, 2.05) is 6.07 Å². The number of carboxylic acid groups (broad SMARTS) is 1. The largest absolute Gasteiger partial charge is 0.465 e. The number of aromatic nitrogens is 4. The van der Waals surface area contributed by atoms with Crippen molar-refractivity contribution < 1.29 is 18.7 Å². The fourth-order valence-corrected chi connectivity index (χ4v) is 6.84. The minimum absolute atomic E-state index is 0.109. The van der Waals surface area contributed by atoms with E-state index in [1.165, 1.54) is 17.0 Å². The highest BCUT2D eigenvalue weighted by Gasteiger charge is 2.36. The van der Waals surface area contributed by atoms with Crippen LogP contribution in [0.3, 0.4) is 0 Å². The van der Waals surface area contributed by atoms with Crippen molar-refractivity contribution in [3.63, 3.8) is 0 Å². The quantitative estimate of drug-likeness (QED) is 0.170. The Kier molecular flexibility index (Phi) is 8.76. The Bertz CT molecular complexity index is 1690. The van der Waals surface area contributed by atoms with E-state index >= 15 is 0 Å². The fraction of sp³-hybridized carbons (Fsp3) is 0.500. The molecule has 1 saturated heterocycles. The average molecular weight is 608 g/mol. The molecule has 0 atom stereocenters. The molecule has 0 bridgehead atoms. The van der Waals surface area contributed by atoms with Gasteiger partial charge in [0.1, 0.15) is 5.82 Å². The summed E-state index contributed by atoms with van der Waals surface area (Å²) in [4.78, 5) is 35.9. The standard InChI is InChI=1S/C32H42FN5O4Si/c1-32(2,3)43(4,5)42-17-7-6-8-26-25-10-9-23(33)18-22(25)19-35-27(26)21-37-29-20-34-14-11-28(29)38(30(37)39)24-12-15-36(16-13-24)31(40)41/h9-11,14,18-20,24H,6-8,12-13,15-17,21H2,1-5H3,(H,40,41). The van der Waals surface area contributed by atoms with Crippen molar-refractivity contribution in [3.8, 4) is 0 Å². The SMILES string of the molecule is CC(C)(C)[Si](C)(C)OCCCCc1c(Cn2c(=O)n(C3CCN(C(=O)O)CC3)c3ccncc32)ncc2cc(F)ccc12. The van der Waals surface area contributed by atoms with Gasteiger partial charge in [0, 0.05) is 43.5 Å². The van der Waals surface area contributed by atoms with Crippen LogP contribution < -0.4 is 5.69 Å². The molecule has 11 heteroatoms. The van der Waals surface area contributed by atoms with Gasteiger partial charge in [-0.15, -0.1) is 0 Å². The zero-order chi connectivity index (χ0) is 30.9. The van der Waals surface area contributed by atoms with Gasteiger partial charge < -0.3 is 14.4 Å². The number of rotatable bonds is 9. The van der Waals surface area contributed by atoms with Crippen LogP contribution in [0.15, 0.2) is 47.7 Å². The van der Waals surface area contributed by atoms with E-state index in [1.54, 1.807) is 33.8 Å². The molecule has 0 spiro atoms. The molecule has 9 nitrogen and oxygen atoms in total. The van der Waals surface area contributed by atoms with E-state index in [9.17, 15) is 19.1 Å². The molecule has 1 N–H and O–H groups in total. The zero-order valence-corrected chi connectivity index (χ0v) is 26.8. The Morgan fingerprint density at radius 3 is 2.56 bits per heavy atom. The molecule has 0 unspecified atom stereocenters. The summed E-state index contributed by atoms with van der Waals surface area (Å²) in [6.45, 7) is 12.9. The Labute approximate surface area is 252 Å². The van der Waals surface area contributed by atoms with Gasteiger partial charge in [-0.2, -0.15) is 0 Å². The molecule has 1 amide bonds. The summed E-state index contributed by atoms with van der Waals surface area (Å²) in [5.74, 6) is -0.310. The van der Waals surface area contributed by atoms with E-state index in [0.717, 1.165) is 46.8 Å². The molecule has 1 aliphatic heterocycles. The first-order valence-corrected chi connectivity index (χ1v) is 18.0. The predicted molar refractivity (Wildman–Crippen MR) is 169 cm³/mol. The third-order valence-electron chi connectivity index (χ3n) is 9.31. The van der Waals surface area contributed by atoms with Crippen molar-refractivity contribution in [2.75, 3.05) is 19.7 Å². The predicted octanol–water partition coefficient (Wildman–Crippen LogP) is 6.59. The molecule has 4 aromatic rings. The maximum atomic E-state index is 14.1. The highest BCUT2D eigenvalue weighted by molar-refractivity contribution is 6.74. The number of piperidine rings is 1. The molecule has 1 aliphatic rings. The smallest absolute Gasteiger partial charge is 0.407 e. The lowest BCUT2D eigenvalue weighted by Gasteiger charge is -2.36. The number of likely N-dealkylation sites (tertiary alicyclic amines) is 1. The van der Waals surface area contributed by atoms with Gasteiger partial charge in [-0.3, -0.25) is 19.1 Å². The van der Waals surface area contributed by atoms with Crippen molar-refractivity contribution in [1.82, 2.24) is 24.0 Å². The molecule has 3 aromatic heterocycles. The third kappa shape index (κ3) is 6.38. The first-order valence-electron chi connectivity index (χ1n) is 15.1. The molecule has 0 aliphatic carbocycles. The number of hydrogen-bond acceptors (Lipinski definition) is 5. The number of fused-ring (bicyclic) bond motifs is 2. The lowest BCUT2D eigenvalue weighted by Crippen LogP contribution is -2.40. The van der Waals surface area contributed by atoms with E-state index < -0.39 is 14.4 Å². The van der Waals surface area contributed by atoms with Gasteiger partial charge in [0.25, 0.3) is 0 Å². The number of aryl methyl sites for hydroxylation is 1. The van der Waals surface area contributed by atoms with E-state index in [2.05, 4.69) is 38.8 Å². The first kappa shape index (κ1) is 30.9. The number of imidazole rings is 1. The molecule has 4 heterocycles. The minimum Gasteiger partial charge on any atom is -0.465 e. The monoisotopic (exact) mass is 607 g/mol. The fourth-order valence-electron chi connectivity index (χ4n) is 5.76. The highest BCUT2D eigenvalue weighted by atomic mass is 28.4. The van der Waals surface area contributed by atoms with Gasteiger partial charge in [-0.05, 0) is 79.4 Å². The molecule has 0 radical (unpaired) electrons. The van der Waals surface area contributed by atoms with Crippen LogP contribution in [0.1, 0.15) is 63.8 Å². The summed E-state index contributed by atoms with van der Waals surface area (Å²) >= 11 is 0. The number of unbranched alkanes of at least 4 members (excludes halogenated alkanes) is 1. The number of hydrogen-bond donors (Lipinski definition) is 1. The number of pyridine rings is 2. The molecule has 1 aromatic carbocycles. The third-order valence-corrected chi connectivity index (χ3v) is 13.8. The number of nitrogens with zero attached hydrogens (tertiary/aromatic N) is 5. The number of halogens is 1. The van der Waals surface area contributed by atoms with Gasteiger partial charge in [0.15, 0.2) is 8.32 Å². The van der Waals surface area contributed by atoms with E-state index in [0.29, 0.717) is 38.1 Å². The Morgan fingerprint density at radius 1 is 1.12 bits per heavy atom. The number of amides is 1. The van der Waals surface area contributed by atoms with Crippen LogP contribution in [0.25, 0.3) is 21.8 Å². The summed E-state index contributed by atoms with van der Waals surface area (Å²) in [5.41, 5.74) is 3.11. The summed E-state index contributed by atoms with van der Waals surface area (Å²) in [6, 6.07) is 6.52. The van der Waals surface area contributed by atoms with Crippen LogP contribution in [-0.4, -0.2) is 63.2 Å². The maximum absolute atomic E-state index is 14.1. The summed E-state index contributed by atoms with van der Waals surface area (Å²) in [7, 11) is -1.83. The van der Waals surface area contributed by atoms with Crippen molar-refractivity contribution in [1.29, 1.82) is 0 Å². The van der Waals surface area contributed by atoms with Crippen molar-refractivity contribution >= 4 is 36.2 Å². The Balaban J connectivity index is 1.44. The maximum Gasteiger partial charge on any atom is 0.407 e. The molecule has 1 fully saturated rings. The van der Waals surface area contributed by atoms with Crippen LogP contribution >= 0.6 is 0 Å². The number of benzene rings is 1. The summed E-state index contributed by atoms with van der Waals surface area (Å²) in [6.07, 6.45) is 7.75. The second-order valence-corrected chi connectivity index (χ2v) is 17.9. The van der Waals surface area contributed by atoms with Crippen LogP contribution in [0.5, 0.6) is 0 Å². The molecule has 43 heavy (non-hydrogen) atoms. The highest BCUT2D eigenvalue weighted by Crippen LogP contribution is 2.36.